The zero-order chi connectivity index (χ0) is 17.9. The van der Waals surface area contributed by atoms with Gasteiger partial charge in [0.2, 0.25) is 5.95 Å². The SMILES string of the molecule is CCc1cnc2nc(NC3CCN(C)CC3)n(Cc3ccccc3)c2c1. The van der Waals surface area contributed by atoms with Crippen molar-refractivity contribution >= 4 is 17.1 Å². The molecule has 1 aliphatic rings. The summed E-state index contributed by atoms with van der Waals surface area (Å²) in [5, 5.41) is 3.70. The third-order valence-electron chi connectivity index (χ3n) is 5.31. The molecule has 0 atom stereocenters. The van der Waals surface area contributed by atoms with E-state index in [0.29, 0.717) is 6.04 Å². The van der Waals surface area contributed by atoms with E-state index < -0.39 is 0 Å². The third-order valence-corrected chi connectivity index (χ3v) is 5.31. The average Bonchev–Trinajstić information content (AvgIpc) is 3.01. The van der Waals surface area contributed by atoms with Crippen molar-refractivity contribution in [3.8, 4) is 0 Å². The van der Waals surface area contributed by atoms with Gasteiger partial charge < -0.3 is 14.8 Å². The summed E-state index contributed by atoms with van der Waals surface area (Å²) in [6, 6.07) is 13.3. The molecule has 1 fully saturated rings. The van der Waals surface area contributed by atoms with Crippen molar-refractivity contribution in [2.24, 2.45) is 0 Å². The highest BCUT2D eigenvalue weighted by molar-refractivity contribution is 5.75. The van der Waals surface area contributed by atoms with E-state index in [1.165, 1.54) is 11.1 Å². The number of pyridine rings is 1. The number of imidazole rings is 1. The van der Waals surface area contributed by atoms with Crippen LogP contribution in [0.4, 0.5) is 5.95 Å². The number of aromatic nitrogens is 3. The number of piperidine rings is 1. The number of rotatable bonds is 5. The molecule has 4 rings (SSSR count). The Labute approximate surface area is 155 Å². The average molecular weight is 349 g/mol. The van der Waals surface area contributed by atoms with Gasteiger partial charge >= 0.3 is 0 Å². The van der Waals surface area contributed by atoms with Crippen molar-refractivity contribution in [1.82, 2.24) is 19.4 Å². The van der Waals surface area contributed by atoms with Gasteiger partial charge in [-0.2, -0.15) is 4.98 Å². The number of benzene rings is 1. The number of aryl methyl sites for hydroxylation is 1. The summed E-state index contributed by atoms with van der Waals surface area (Å²) >= 11 is 0. The van der Waals surface area contributed by atoms with Crippen LogP contribution in [0.25, 0.3) is 11.2 Å². The van der Waals surface area contributed by atoms with Crippen LogP contribution in [0, 0.1) is 0 Å². The minimum absolute atomic E-state index is 0.475. The van der Waals surface area contributed by atoms with Crippen molar-refractivity contribution in [1.29, 1.82) is 0 Å². The van der Waals surface area contributed by atoms with Crippen LogP contribution in [0.3, 0.4) is 0 Å². The Bertz CT molecular complexity index is 863. The van der Waals surface area contributed by atoms with Crippen LogP contribution in [0.1, 0.15) is 30.9 Å². The highest BCUT2D eigenvalue weighted by atomic mass is 15.2. The van der Waals surface area contributed by atoms with Crippen LogP contribution in [0.5, 0.6) is 0 Å². The molecular weight excluding hydrogens is 322 g/mol. The molecule has 26 heavy (non-hydrogen) atoms. The quantitative estimate of drug-likeness (QED) is 0.765. The molecule has 0 unspecified atom stereocenters. The smallest absolute Gasteiger partial charge is 0.205 e. The first kappa shape index (κ1) is 17.0. The molecule has 1 aliphatic heterocycles. The molecule has 1 saturated heterocycles. The Morgan fingerprint density at radius 2 is 1.88 bits per heavy atom. The molecule has 1 aromatic carbocycles. The Morgan fingerprint density at radius 1 is 1.12 bits per heavy atom. The summed E-state index contributed by atoms with van der Waals surface area (Å²) in [4.78, 5) is 11.8. The number of hydrogen-bond acceptors (Lipinski definition) is 4. The van der Waals surface area contributed by atoms with Crippen LogP contribution in [-0.2, 0) is 13.0 Å². The van der Waals surface area contributed by atoms with E-state index in [1.54, 1.807) is 0 Å². The largest absolute Gasteiger partial charge is 0.353 e. The summed E-state index contributed by atoms with van der Waals surface area (Å²) in [5.41, 5.74) is 4.47. The monoisotopic (exact) mass is 349 g/mol. The van der Waals surface area contributed by atoms with Crippen LogP contribution < -0.4 is 5.32 Å². The van der Waals surface area contributed by atoms with Crippen molar-refractivity contribution in [2.75, 3.05) is 25.5 Å². The predicted octanol–water partition coefficient (Wildman–Crippen LogP) is 3.55. The van der Waals surface area contributed by atoms with Gasteiger partial charge in [0.25, 0.3) is 0 Å². The Balaban J connectivity index is 1.69. The highest BCUT2D eigenvalue weighted by Gasteiger charge is 2.20. The Morgan fingerprint density at radius 3 is 2.62 bits per heavy atom. The topological polar surface area (TPSA) is 46.0 Å². The molecule has 5 heteroatoms. The number of fused-ring (bicyclic) bond motifs is 1. The van der Waals surface area contributed by atoms with Crippen molar-refractivity contribution in [3.05, 3.63) is 53.7 Å². The standard InChI is InChI=1S/C21H27N5/c1-3-16-13-19-20(22-14-16)24-21(23-18-9-11-25(2)12-10-18)26(19)15-17-7-5-4-6-8-17/h4-8,13-14,18H,3,9-12,15H2,1-2H3,(H,22,23,24). The van der Waals surface area contributed by atoms with E-state index in [4.69, 9.17) is 4.98 Å². The van der Waals surface area contributed by atoms with Crippen molar-refractivity contribution < 1.29 is 0 Å². The molecule has 0 bridgehead atoms. The molecule has 0 spiro atoms. The van der Waals surface area contributed by atoms with Crippen molar-refractivity contribution in [2.45, 2.75) is 38.8 Å². The van der Waals surface area contributed by atoms with Gasteiger partial charge in [-0.3, -0.25) is 0 Å². The lowest BCUT2D eigenvalue weighted by Gasteiger charge is -2.29. The lowest BCUT2D eigenvalue weighted by Crippen LogP contribution is -2.37. The molecule has 3 aromatic rings. The summed E-state index contributed by atoms with van der Waals surface area (Å²) < 4.78 is 2.29. The third kappa shape index (κ3) is 3.58. The van der Waals surface area contributed by atoms with Gasteiger partial charge in [-0.15, -0.1) is 0 Å². The van der Waals surface area contributed by atoms with E-state index in [2.05, 4.69) is 70.1 Å². The van der Waals surface area contributed by atoms with Crippen LogP contribution >= 0.6 is 0 Å². The lowest BCUT2D eigenvalue weighted by molar-refractivity contribution is 0.263. The number of anilines is 1. The van der Waals surface area contributed by atoms with Gasteiger partial charge in [0.05, 0.1) is 12.1 Å². The minimum atomic E-state index is 0.475. The number of nitrogens with zero attached hydrogens (tertiary/aromatic N) is 4. The summed E-state index contributed by atoms with van der Waals surface area (Å²) in [6.07, 6.45) is 5.23. The van der Waals surface area contributed by atoms with Crippen molar-refractivity contribution in [3.63, 3.8) is 0 Å². The van der Waals surface area contributed by atoms with Crippen LogP contribution in [-0.4, -0.2) is 45.6 Å². The Kier molecular flexibility index (Phi) is 4.89. The minimum Gasteiger partial charge on any atom is -0.353 e. The van der Waals surface area contributed by atoms with E-state index in [0.717, 1.165) is 56.0 Å². The fourth-order valence-corrected chi connectivity index (χ4v) is 3.61. The molecule has 0 amide bonds. The molecule has 0 radical (unpaired) electrons. The first-order valence-corrected chi connectivity index (χ1v) is 9.57. The fraction of sp³-hybridized carbons (Fsp3) is 0.429. The predicted molar refractivity (Wildman–Crippen MR) is 107 cm³/mol. The van der Waals surface area contributed by atoms with Gasteiger partial charge in [0.1, 0.15) is 0 Å². The maximum atomic E-state index is 4.82. The molecule has 0 saturated carbocycles. The molecular formula is C21H27N5. The van der Waals surface area contributed by atoms with Crippen LogP contribution in [0.15, 0.2) is 42.6 Å². The lowest BCUT2D eigenvalue weighted by atomic mass is 10.1. The van der Waals surface area contributed by atoms with Gasteiger partial charge in [-0.05, 0) is 56.6 Å². The first-order valence-electron chi connectivity index (χ1n) is 9.57. The second-order valence-electron chi connectivity index (χ2n) is 7.27. The second-order valence-corrected chi connectivity index (χ2v) is 7.27. The molecule has 3 heterocycles. The summed E-state index contributed by atoms with van der Waals surface area (Å²) in [5.74, 6) is 0.944. The zero-order valence-electron chi connectivity index (χ0n) is 15.7. The van der Waals surface area contributed by atoms with Gasteiger partial charge in [0, 0.05) is 12.2 Å². The highest BCUT2D eigenvalue weighted by Crippen LogP contribution is 2.23. The van der Waals surface area contributed by atoms with E-state index in [1.807, 2.05) is 6.20 Å². The normalized spacial score (nSPS) is 16.2. The van der Waals surface area contributed by atoms with E-state index in [9.17, 15) is 0 Å². The molecule has 5 nitrogen and oxygen atoms in total. The zero-order valence-corrected chi connectivity index (χ0v) is 15.7. The van der Waals surface area contributed by atoms with E-state index >= 15 is 0 Å². The molecule has 136 valence electrons. The number of nitrogens with one attached hydrogen (secondary N) is 1. The van der Waals surface area contributed by atoms with Gasteiger partial charge in [-0.25, -0.2) is 4.98 Å². The Hall–Kier alpha value is -2.40. The molecule has 2 aromatic heterocycles. The molecule has 1 N–H and O–H groups in total. The van der Waals surface area contributed by atoms with Gasteiger partial charge in [-0.1, -0.05) is 37.3 Å². The van der Waals surface area contributed by atoms with E-state index in [-0.39, 0.29) is 0 Å². The summed E-state index contributed by atoms with van der Waals surface area (Å²) in [7, 11) is 2.19. The van der Waals surface area contributed by atoms with Crippen LogP contribution in [0.2, 0.25) is 0 Å². The van der Waals surface area contributed by atoms with Gasteiger partial charge in [0.15, 0.2) is 5.65 Å². The maximum absolute atomic E-state index is 4.82. The second kappa shape index (κ2) is 7.46. The maximum Gasteiger partial charge on any atom is 0.205 e. The summed E-state index contributed by atoms with van der Waals surface area (Å²) in [6.45, 7) is 5.24. The first-order chi connectivity index (χ1) is 12.7. The number of hydrogen-bond donors (Lipinski definition) is 1. The fourth-order valence-electron chi connectivity index (χ4n) is 3.61. The molecule has 0 aliphatic carbocycles. The number of likely N-dealkylation sites (tertiary alicyclic amines) is 1.